The van der Waals surface area contributed by atoms with Gasteiger partial charge in [0.05, 0.1) is 6.54 Å². The molecule has 8 nitrogen and oxygen atoms in total. The molecule has 2 aromatic rings. The minimum absolute atomic E-state index is 0.0757. The second-order valence-corrected chi connectivity index (χ2v) is 8.79. The Hall–Kier alpha value is -2.90. The van der Waals surface area contributed by atoms with Crippen LogP contribution < -0.4 is 5.32 Å². The summed E-state index contributed by atoms with van der Waals surface area (Å²) in [6, 6.07) is 7.55. The van der Waals surface area contributed by atoms with Crippen molar-refractivity contribution >= 4 is 12.0 Å². The fourth-order valence-electron chi connectivity index (χ4n) is 4.28. The first kappa shape index (κ1) is 24.7. The normalized spacial score (nSPS) is 15.7. The van der Waals surface area contributed by atoms with E-state index in [2.05, 4.69) is 34.5 Å². The van der Waals surface area contributed by atoms with E-state index in [0.29, 0.717) is 31.1 Å². The number of aromatic nitrogens is 2. The van der Waals surface area contributed by atoms with Gasteiger partial charge in [-0.25, -0.2) is 4.79 Å². The second-order valence-electron chi connectivity index (χ2n) is 8.79. The van der Waals surface area contributed by atoms with Crippen molar-refractivity contribution in [2.24, 2.45) is 0 Å². The van der Waals surface area contributed by atoms with Crippen LogP contribution in [0.1, 0.15) is 82.6 Å². The number of hydrogen-bond acceptors (Lipinski definition) is 5. The van der Waals surface area contributed by atoms with Crippen molar-refractivity contribution in [2.45, 2.75) is 90.1 Å². The molecule has 1 aliphatic rings. The summed E-state index contributed by atoms with van der Waals surface area (Å²) in [5.74, 6) is 0.437. The molecule has 0 radical (unpaired) electrons. The molecule has 0 bridgehead atoms. The lowest BCUT2D eigenvalue weighted by molar-refractivity contribution is -0.125. The predicted octanol–water partition coefficient (Wildman–Crippen LogP) is 5.18. The summed E-state index contributed by atoms with van der Waals surface area (Å²) in [6.07, 6.45) is 11.7. The zero-order chi connectivity index (χ0) is 23.5. The monoisotopic (exact) mass is 456 g/mol. The Morgan fingerprint density at radius 1 is 1.09 bits per heavy atom. The van der Waals surface area contributed by atoms with E-state index in [0.717, 1.165) is 12.0 Å². The lowest BCUT2D eigenvalue weighted by Crippen LogP contribution is -2.45. The van der Waals surface area contributed by atoms with Crippen LogP contribution in [-0.4, -0.2) is 44.7 Å². The number of carbonyl (C=O) groups excluding carboxylic acids is 1. The van der Waals surface area contributed by atoms with Gasteiger partial charge in [0.1, 0.15) is 6.04 Å². The van der Waals surface area contributed by atoms with Gasteiger partial charge in [-0.15, -0.1) is 0 Å². The van der Waals surface area contributed by atoms with Crippen LogP contribution in [0.15, 0.2) is 28.8 Å². The van der Waals surface area contributed by atoms with Crippen LogP contribution in [0.2, 0.25) is 0 Å². The van der Waals surface area contributed by atoms with Crippen molar-refractivity contribution in [3.8, 4) is 11.4 Å². The van der Waals surface area contributed by atoms with E-state index in [9.17, 15) is 14.7 Å². The van der Waals surface area contributed by atoms with Gasteiger partial charge in [-0.05, 0) is 31.2 Å². The Morgan fingerprint density at radius 2 is 1.79 bits per heavy atom. The number of nitrogens with one attached hydrogen (secondary N) is 1. The van der Waals surface area contributed by atoms with Gasteiger partial charge in [0.15, 0.2) is 0 Å². The molecule has 2 amide bonds. The highest BCUT2D eigenvalue weighted by Gasteiger charge is 2.34. The van der Waals surface area contributed by atoms with E-state index in [-0.39, 0.29) is 12.5 Å². The lowest BCUT2D eigenvalue weighted by atomic mass is 10.0. The Morgan fingerprint density at radius 3 is 2.48 bits per heavy atom. The summed E-state index contributed by atoms with van der Waals surface area (Å²) in [4.78, 5) is 29.1. The Labute approximate surface area is 195 Å². The number of likely N-dealkylation sites (tertiary alicyclic amines) is 1. The number of nitrogens with zero attached hydrogens (tertiary/aromatic N) is 3. The van der Waals surface area contributed by atoms with Crippen LogP contribution in [0.5, 0.6) is 0 Å². The second kappa shape index (κ2) is 13.0. The number of amides is 2. The summed E-state index contributed by atoms with van der Waals surface area (Å²) in [5, 5.41) is 15.9. The van der Waals surface area contributed by atoms with Gasteiger partial charge in [0.25, 0.3) is 0 Å². The Balaban J connectivity index is 1.40. The number of aryl methyl sites for hydroxylation is 1. The minimum atomic E-state index is -1.07. The van der Waals surface area contributed by atoms with Gasteiger partial charge < -0.3 is 14.9 Å². The topological polar surface area (TPSA) is 109 Å². The van der Waals surface area contributed by atoms with Crippen LogP contribution >= 0.6 is 0 Å². The molecule has 1 aliphatic heterocycles. The first-order valence-electron chi connectivity index (χ1n) is 12.3. The lowest BCUT2D eigenvalue weighted by Gasteiger charge is -2.20. The molecule has 0 unspecified atom stereocenters. The fraction of sp³-hybridized carbons (Fsp3) is 0.600. The molecule has 0 saturated carbocycles. The van der Waals surface area contributed by atoms with E-state index in [1.807, 2.05) is 12.1 Å². The Kier molecular flexibility index (Phi) is 9.72. The summed E-state index contributed by atoms with van der Waals surface area (Å²) in [6.45, 7) is 2.71. The molecule has 2 N–H and O–H groups in total. The van der Waals surface area contributed by atoms with Crippen LogP contribution in [0.25, 0.3) is 11.4 Å². The van der Waals surface area contributed by atoms with Gasteiger partial charge in [-0.2, -0.15) is 4.98 Å². The van der Waals surface area contributed by atoms with Gasteiger partial charge in [0, 0.05) is 12.1 Å². The van der Waals surface area contributed by atoms with Crippen LogP contribution in [-0.2, 0) is 17.8 Å². The maximum absolute atomic E-state index is 12.3. The molecule has 3 rings (SSSR count). The number of carboxylic acid groups (broad SMARTS) is 1. The zero-order valence-corrected chi connectivity index (χ0v) is 19.6. The van der Waals surface area contributed by atoms with Gasteiger partial charge in [-0.3, -0.25) is 9.69 Å². The first-order chi connectivity index (χ1) is 16.1. The fourth-order valence-corrected chi connectivity index (χ4v) is 4.28. The highest BCUT2D eigenvalue weighted by Crippen LogP contribution is 2.19. The maximum atomic E-state index is 12.3. The zero-order valence-electron chi connectivity index (χ0n) is 19.6. The van der Waals surface area contributed by atoms with Crippen molar-refractivity contribution in [3.63, 3.8) is 0 Å². The molecular formula is C25H36N4O4. The van der Waals surface area contributed by atoms with Gasteiger partial charge >= 0.3 is 6.09 Å². The van der Waals surface area contributed by atoms with Crippen LogP contribution in [0, 0.1) is 0 Å². The minimum Gasteiger partial charge on any atom is -0.465 e. The number of carbonyl (C=O) groups is 2. The molecule has 33 heavy (non-hydrogen) atoms. The molecular weight excluding hydrogens is 420 g/mol. The van der Waals surface area contributed by atoms with Gasteiger partial charge in [0.2, 0.25) is 17.6 Å². The average Bonchev–Trinajstić information content (AvgIpc) is 3.50. The highest BCUT2D eigenvalue weighted by molar-refractivity contribution is 5.85. The van der Waals surface area contributed by atoms with Crippen molar-refractivity contribution in [3.05, 3.63) is 35.7 Å². The standard InChI is InChI=1S/C25H36N4O4/c1-2-3-4-5-6-7-8-9-11-19-13-15-20(16-14-19)23-27-22(33-28-23)18-26-24(30)21-12-10-17-29(21)25(31)32/h13-16,21H,2-12,17-18H2,1H3,(H,26,30)(H,31,32)/t21-/m0/s1. The molecule has 0 spiro atoms. The molecule has 1 aromatic heterocycles. The summed E-state index contributed by atoms with van der Waals surface area (Å²) >= 11 is 0. The van der Waals surface area contributed by atoms with Gasteiger partial charge in [-0.1, -0.05) is 81.3 Å². The van der Waals surface area contributed by atoms with Crippen molar-refractivity contribution in [1.29, 1.82) is 0 Å². The molecule has 1 atom stereocenters. The average molecular weight is 457 g/mol. The molecule has 8 heteroatoms. The number of unbranched alkanes of at least 4 members (excludes halogenated alkanes) is 7. The smallest absolute Gasteiger partial charge is 0.407 e. The summed E-state index contributed by atoms with van der Waals surface area (Å²) in [7, 11) is 0. The van der Waals surface area contributed by atoms with E-state index in [4.69, 9.17) is 4.52 Å². The van der Waals surface area contributed by atoms with E-state index in [1.54, 1.807) is 0 Å². The van der Waals surface area contributed by atoms with Crippen LogP contribution in [0.3, 0.4) is 0 Å². The SMILES string of the molecule is CCCCCCCCCCc1ccc(-c2noc(CNC(=O)[C@@H]3CCCN3C(=O)O)n2)cc1. The summed E-state index contributed by atoms with van der Waals surface area (Å²) in [5.41, 5.74) is 2.17. The van der Waals surface area contributed by atoms with Crippen molar-refractivity contribution < 1.29 is 19.2 Å². The largest absolute Gasteiger partial charge is 0.465 e. The summed E-state index contributed by atoms with van der Waals surface area (Å²) < 4.78 is 5.26. The predicted molar refractivity (Wildman–Crippen MR) is 126 cm³/mol. The number of hydrogen-bond donors (Lipinski definition) is 2. The molecule has 0 aliphatic carbocycles. The molecule has 1 fully saturated rings. The quantitative estimate of drug-likeness (QED) is 0.402. The first-order valence-corrected chi connectivity index (χ1v) is 12.3. The van der Waals surface area contributed by atoms with E-state index < -0.39 is 12.1 Å². The van der Waals surface area contributed by atoms with Crippen molar-refractivity contribution in [2.75, 3.05) is 6.54 Å². The van der Waals surface area contributed by atoms with E-state index >= 15 is 0 Å². The molecule has 2 heterocycles. The molecule has 1 saturated heterocycles. The van der Waals surface area contributed by atoms with Crippen molar-refractivity contribution in [1.82, 2.24) is 20.4 Å². The third-order valence-electron chi connectivity index (χ3n) is 6.21. The number of rotatable bonds is 13. The highest BCUT2D eigenvalue weighted by atomic mass is 16.5. The van der Waals surface area contributed by atoms with Crippen LogP contribution in [0.4, 0.5) is 4.79 Å². The maximum Gasteiger partial charge on any atom is 0.407 e. The van der Waals surface area contributed by atoms with E-state index in [1.165, 1.54) is 61.8 Å². The third kappa shape index (κ3) is 7.58. The molecule has 180 valence electrons. The Bertz CT molecular complexity index is 881. The third-order valence-corrected chi connectivity index (χ3v) is 6.21. The molecule has 1 aromatic carbocycles. The number of benzene rings is 1.